The van der Waals surface area contributed by atoms with Crippen LogP contribution in [0, 0.1) is 0 Å². The first-order valence-corrected chi connectivity index (χ1v) is 2.58. The van der Waals surface area contributed by atoms with E-state index in [1.54, 1.807) is 0 Å². The van der Waals surface area contributed by atoms with Crippen LogP contribution in [0.4, 0.5) is 0 Å². The highest BCUT2D eigenvalue weighted by Gasteiger charge is 2.35. The Morgan fingerprint density at radius 2 is 1.71 bits per heavy atom. The highest BCUT2D eigenvalue weighted by Crippen LogP contribution is 2.52. The van der Waals surface area contributed by atoms with E-state index in [1.165, 1.54) is 0 Å². The molecule has 1 aliphatic heterocycles. The van der Waals surface area contributed by atoms with Crippen molar-refractivity contribution < 1.29 is 23.8 Å². The molecule has 4 N–H and O–H groups in total. The van der Waals surface area contributed by atoms with Gasteiger partial charge < -0.3 is 6.15 Å². The third kappa shape index (κ3) is 1.52. The van der Waals surface area contributed by atoms with Gasteiger partial charge in [0.15, 0.2) is 0 Å². The Hall–Kier alpha value is 0.0300. The third-order valence-corrected chi connectivity index (χ3v) is 0.748. The summed E-state index contributed by atoms with van der Waals surface area (Å²) in [6, 6.07) is 0. The quantitative estimate of drug-likeness (QED) is 0.356. The van der Waals surface area contributed by atoms with Crippen LogP contribution in [0.15, 0.2) is 0 Å². The highest BCUT2D eigenvalue weighted by atomic mass is 31.2. The van der Waals surface area contributed by atoms with Crippen molar-refractivity contribution in [3.8, 4) is 0 Å². The Bertz CT molecular complexity index is 90.3. The maximum absolute atomic E-state index is 9.66. The van der Waals surface area contributed by atoms with E-state index in [2.05, 4.69) is 14.4 Å². The molecule has 1 heterocycles. The average molecular weight is 129 g/mol. The lowest BCUT2D eigenvalue weighted by atomic mass is 14.0. The van der Waals surface area contributed by atoms with E-state index >= 15 is 0 Å². The van der Waals surface area contributed by atoms with Crippen LogP contribution in [-0.2, 0) is 19.0 Å². The van der Waals surface area contributed by atoms with Crippen LogP contribution in [0.1, 0.15) is 0 Å². The van der Waals surface area contributed by atoms with Crippen molar-refractivity contribution in [2.24, 2.45) is 0 Å². The summed E-state index contributed by atoms with van der Waals surface area (Å²) in [5, 5.41) is 3.42. The molecule has 7 heteroatoms. The molecule has 7 heavy (non-hydrogen) atoms. The maximum atomic E-state index is 9.66. The molecule has 0 aromatic heterocycles. The zero-order valence-electron chi connectivity index (χ0n) is 3.23. The lowest BCUT2D eigenvalue weighted by Gasteiger charge is -2.13. The first kappa shape index (κ1) is 7.03. The summed E-state index contributed by atoms with van der Waals surface area (Å²) in [4.78, 5) is 7.90. The summed E-state index contributed by atoms with van der Waals surface area (Å²) in [7, 11) is -3.69. The summed E-state index contributed by atoms with van der Waals surface area (Å²) in [6.45, 7) is 0. The van der Waals surface area contributed by atoms with Crippen LogP contribution >= 0.6 is 7.82 Å². The first-order valence-electron chi connectivity index (χ1n) is 1.08. The molecule has 0 spiro atoms. The molecule has 0 unspecified atom stereocenters. The predicted octanol–water partition coefficient (Wildman–Crippen LogP) is 0.142. The molecular weight excluding hydrogens is 125 g/mol. The van der Waals surface area contributed by atoms with Gasteiger partial charge in [-0.3, -0.25) is 4.89 Å². The minimum atomic E-state index is -3.69. The number of phosphoric acid groups is 1. The summed E-state index contributed by atoms with van der Waals surface area (Å²) in [5.41, 5.74) is 0. The van der Waals surface area contributed by atoms with E-state index < -0.39 is 7.82 Å². The fraction of sp³-hybridized carbons (Fsp3) is 0. The van der Waals surface area contributed by atoms with Gasteiger partial charge in [-0.1, -0.05) is 9.35 Å². The molecule has 0 radical (unpaired) electrons. The SMILES string of the molecule is N.O=P1(O)OOO1. The van der Waals surface area contributed by atoms with E-state index in [0.717, 1.165) is 0 Å². The van der Waals surface area contributed by atoms with E-state index in [0.29, 0.717) is 0 Å². The van der Waals surface area contributed by atoms with Crippen molar-refractivity contribution in [2.45, 2.75) is 0 Å². The van der Waals surface area contributed by atoms with Gasteiger partial charge in [-0.25, -0.2) is 4.57 Å². The summed E-state index contributed by atoms with van der Waals surface area (Å²) in [6.07, 6.45) is 0. The Morgan fingerprint density at radius 3 is 1.71 bits per heavy atom. The molecule has 0 aliphatic carbocycles. The number of rotatable bonds is 0. The van der Waals surface area contributed by atoms with Gasteiger partial charge in [-0.15, -0.1) is 0 Å². The predicted molar refractivity (Wildman–Crippen MR) is 18.1 cm³/mol. The minimum Gasteiger partial charge on any atom is -0.344 e. The van der Waals surface area contributed by atoms with Crippen LogP contribution in [0.5, 0.6) is 0 Å². The lowest BCUT2D eigenvalue weighted by Crippen LogP contribution is -2.04. The molecule has 6 nitrogen and oxygen atoms in total. The van der Waals surface area contributed by atoms with E-state index in [4.69, 9.17) is 4.89 Å². The molecule has 44 valence electrons. The Kier molecular flexibility index (Phi) is 1.88. The fourth-order valence-corrected chi connectivity index (χ4v) is 0.247. The molecule has 0 aromatic carbocycles. The van der Waals surface area contributed by atoms with Crippen LogP contribution in [0.25, 0.3) is 0 Å². The highest BCUT2D eigenvalue weighted by molar-refractivity contribution is 7.47. The fourth-order valence-electron chi connectivity index (χ4n) is 0.0825. The van der Waals surface area contributed by atoms with E-state index in [9.17, 15) is 4.57 Å². The van der Waals surface area contributed by atoms with E-state index in [1.807, 2.05) is 0 Å². The Morgan fingerprint density at radius 1 is 1.43 bits per heavy atom. The van der Waals surface area contributed by atoms with Crippen molar-refractivity contribution in [2.75, 3.05) is 0 Å². The van der Waals surface area contributed by atoms with Crippen LogP contribution in [-0.4, -0.2) is 4.89 Å². The minimum absolute atomic E-state index is 0. The Labute approximate surface area is 39.0 Å². The van der Waals surface area contributed by atoms with Crippen LogP contribution < -0.4 is 6.15 Å². The summed E-state index contributed by atoms with van der Waals surface area (Å²) >= 11 is 0. The normalized spacial score (nSPS) is 24.7. The maximum Gasteiger partial charge on any atom is 0.531 e. The van der Waals surface area contributed by atoms with Crippen molar-refractivity contribution >= 4 is 7.82 Å². The second kappa shape index (κ2) is 1.87. The van der Waals surface area contributed by atoms with Gasteiger partial charge >= 0.3 is 7.82 Å². The van der Waals surface area contributed by atoms with Gasteiger partial charge in [-0.05, 0) is 5.04 Å². The molecule has 1 fully saturated rings. The smallest absolute Gasteiger partial charge is 0.344 e. The molecule has 0 bridgehead atoms. The van der Waals surface area contributed by atoms with Crippen molar-refractivity contribution in [3.05, 3.63) is 0 Å². The Balaban J connectivity index is 0.000000360. The van der Waals surface area contributed by atoms with Crippen molar-refractivity contribution in [1.82, 2.24) is 6.15 Å². The second-order valence-electron chi connectivity index (χ2n) is 0.686. The average Bonchev–Trinajstić information content (AvgIpc) is 1.32. The molecular formula is H4NO5P. The summed E-state index contributed by atoms with van der Waals surface area (Å²) < 4.78 is 16.7. The van der Waals surface area contributed by atoms with Crippen LogP contribution in [0.2, 0.25) is 0 Å². The standard InChI is InChI=1S/H3N.HO5P/c;1-6(2)4-3-5-6/h1H3;(H,1,2). The molecule has 0 atom stereocenters. The third-order valence-electron chi connectivity index (χ3n) is 0.249. The van der Waals surface area contributed by atoms with Crippen molar-refractivity contribution in [3.63, 3.8) is 0 Å². The monoisotopic (exact) mass is 129 g/mol. The number of hydrogen-bond acceptors (Lipinski definition) is 5. The van der Waals surface area contributed by atoms with E-state index in [-0.39, 0.29) is 6.15 Å². The van der Waals surface area contributed by atoms with Crippen molar-refractivity contribution in [1.29, 1.82) is 0 Å². The lowest BCUT2D eigenvalue weighted by molar-refractivity contribution is -0.498. The number of hydrogen-bond donors (Lipinski definition) is 2. The largest absolute Gasteiger partial charge is 0.531 e. The molecule has 0 saturated carbocycles. The first-order chi connectivity index (χ1) is 2.71. The van der Waals surface area contributed by atoms with Gasteiger partial charge in [-0.2, -0.15) is 0 Å². The molecule has 1 rings (SSSR count). The zero-order chi connectivity index (χ0) is 4.62. The van der Waals surface area contributed by atoms with Gasteiger partial charge in [0.25, 0.3) is 0 Å². The second-order valence-corrected chi connectivity index (χ2v) is 1.92. The molecule has 0 amide bonds. The summed E-state index contributed by atoms with van der Waals surface area (Å²) in [5.74, 6) is 0. The molecule has 1 saturated heterocycles. The van der Waals surface area contributed by atoms with Gasteiger partial charge in [0.05, 0.1) is 0 Å². The molecule has 1 aliphatic rings. The van der Waals surface area contributed by atoms with Gasteiger partial charge in [0.2, 0.25) is 0 Å². The van der Waals surface area contributed by atoms with Crippen LogP contribution in [0.3, 0.4) is 0 Å². The zero-order valence-corrected chi connectivity index (χ0v) is 4.13. The van der Waals surface area contributed by atoms with Gasteiger partial charge in [0.1, 0.15) is 0 Å². The topological polar surface area (TPSA) is 100.0 Å². The molecule has 0 aromatic rings. The van der Waals surface area contributed by atoms with Gasteiger partial charge in [0, 0.05) is 0 Å².